The van der Waals surface area contributed by atoms with Gasteiger partial charge in [0.2, 0.25) is 0 Å². The first-order valence-corrected chi connectivity index (χ1v) is 9.59. The maximum atomic E-state index is 13.3. The van der Waals surface area contributed by atoms with E-state index in [9.17, 15) is 32.7 Å². The highest BCUT2D eigenvalue weighted by Crippen LogP contribution is 2.36. The van der Waals surface area contributed by atoms with Gasteiger partial charge in [-0.2, -0.15) is 13.2 Å². The highest BCUT2D eigenvalue weighted by molar-refractivity contribution is 6.01. The number of carbonyl (C=O) groups excluding carboxylic acids is 1. The van der Waals surface area contributed by atoms with Gasteiger partial charge in [-0.3, -0.25) is 14.4 Å². The number of carbonyl (C=O) groups is 2. The number of hydrogen-bond acceptors (Lipinski definition) is 4. The Labute approximate surface area is 172 Å². The van der Waals surface area contributed by atoms with Crippen molar-refractivity contribution in [3.8, 4) is 5.75 Å². The Morgan fingerprint density at radius 1 is 1.13 bits per heavy atom. The van der Waals surface area contributed by atoms with Crippen LogP contribution in [0.15, 0.2) is 29.1 Å². The molecule has 1 saturated carbocycles. The van der Waals surface area contributed by atoms with Crippen molar-refractivity contribution in [1.82, 2.24) is 14.5 Å². The fourth-order valence-electron chi connectivity index (χ4n) is 4.13. The molecule has 1 aromatic carbocycles. The standard InChI is InChI=1S/C20H18F3N3O5/c21-20(22,23)11-6-5-10-7-14-17(29)16(18(30)24-9-15(27)28)19(31)25(12-3-1-2-4-12)26(14)13(10)8-11/h5-8,12,29H,1-4,9H2,(H,24,30)(H,27,28). The van der Waals surface area contributed by atoms with Crippen LogP contribution in [0.3, 0.4) is 0 Å². The highest BCUT2D eigenvalue weighted by atomic mass is 19.4. The van der Waals surface area contributed by atoms with Crippen LogP contribution in [0.25, 0.3) is 16.4 Å². The zero-order chi connectivity index (χ0) is 22.5. The summed E-state index contributed by atoms with van der Waals surface area (Å²) in [5.41, 5.74) is -2.38. The number of carboxylic acids is 1. The molecule has 2 aromatic heterocycles. The van der Waals surface area contributed by atoms with Crippen LogP contribution in [0.2, 0.25) is 0 Å². The van der Waals surface area contributed by atoms with Crippen molar-refractivity contribution in [2.45, 2.75) is 37.9 Å². The predicted octanol–water partition coefficient (Wildman–Crippen LogP) is 2.91. The molecule has 164 valence electrons. The van der Waals surface area contributed by atoms with Crippen molar-refractivity contribution < 1.29 is 33.0 Å². The molecule has 0 saturated heterocycles. The number of nitrogens with zero attached hydrogens (tertiary/aromatic N) is 2. The number of halogens is 3. The van der Waals surface area contributed by atoms with E-state index >= 15 is 0 Å². The maximum absolute atomic E-state index is 13.3. The van der Waals surface area contributed by atoms with Crippen molar-refractivity contribution in [2.24, 2.45) is 0 Å². The molecule has 11 heteroatoms. The minimum absolute atomic E-state index is 0.0127. The average molecular weight is 437 g/mol. The van der Waals surface area contributed by atoms with Gasteiger partial charge in [-0.25, -0.2) is 9.20 Å². The quantitative estimate of drug-likeness (QED) is 0.581. The Balaban J connectivity index is 2.05. The number of aliphatic carboxylic acids is 1. The Kier molecular flexibility index (Phi) is 4.91. The second-order valence-electron chi connectivity index (χ2n) is 7.50. The Bertz CT molecular complexity index is 1270. The molecule has 31 heavy (non-hydrogen) atoms. The minimum atomic E-state index is -4.60. The first-order valence-electron chi connectivity index (χ1n) is 9.59. The fraction of sp³-hybridized carbons (Fsp3) is 0.350. The number of hydrogen-bond donors (Lipinski definition) is 3. The monoisotopic (exact) mass is 437 g/mol. The van der Waals surface area contributed by atoms with E-state index in [1.54, 1.807) is 0 Å². The SMILES string of the molecule is O=C(O)CNC(=O)c1c(O)c2cc3ccc(C(F)(F)F)cc3n2n(C2CCCC2)c1=O. The van der Waals surface area contributed by atoms with Gasteiger partial charge in [-0.1, -0.05) is 18.9 Å². The Hall–Kier alpha value is -3.50. The average Bonchev–Trinajstić information content (AvgIpc) is 3.34. The normalized spacial score (nSPS) is 15.1. The number of benzene rings is 1. The molecule has 1 fully saturated rings. The molecular weight excluding hydrogens is 419 g/mol. The van der Waals surface area contributed by atoms with Gasteiger partial charge in [0.05, 0.1) is 17.1 Å². The van der Waals surface area contributed by atoms with E-state index in [0.29, 0.717) is 18.2 Å². The molecular formula is C20H18F3N3O5. The summed E-state index contributed by atoms with van der Waals surface area (Å²) in [6.45, 7) is -0.760. The van der Waals surface area contributed by atoms with Crippen LogP contribution in [-0.4, -0.2) is 37.8 Å². The molecule has 2 heterocycles. The van der Waals surface area contributed by atoms with E-state index in [1.807, 2.05) is 0 Å². The zero-order valence-corrected chi connectivity index (χ0v) is 16.1. The predicted molar refractivity (Wildman–Crippen MR) is 103 cm³/mol. The molecule has 0 aliphatic heterocycles. The van der Waals surface area contributed by atoms with Gasteiger partial charge >= 0.3 is 12.1 Å². The van der Waals surface area contributed by atoms with Crippen LogP contribution in [-0.2, 0) is 11.0 Å². The molecule has 3 N–H and O–H groups in total. The number of rotatable bonds is 4. The smallest absolute Gasteiger partial charge is 0.416 e. The Morgan fingerprint density at radius 2 is 1.81 bits per heavy atom. The van der Waals surface area contributed by atoms with Gasteiger partial charge in [0.15, 0.2) is 5.75 Å². The topological polar surface area (TPSA) is 113 Å². The second kappa shape index (κ2) is 7.33. The van der Waals surface area contributed by atoms with Crippen LogP contribution in [0.4, 0.5) is 13.2 Å². The molecule has 0 bridgehead atoms. The van der Waals surface area contributed by atoms with Crippen molar-refractivity contribution in [3.05, 3.63) is 45.7 Å². The molecule has 3 aromatic rings. The fourth-order valence-corrected chi connectivity index (χ4v) is 4.13. The summed E-state index contributed by atoms with van der Waals surface area (Å²) in [5.74, 6) is -3.12. The lowest BCUT2D eigenvalue weighted by Crippen LogP contribution is -2.38. The molecule has 8 nitrogen and oxygen atoms in total. The van der Waals surface area contributed by atoms with Crippen LogP contribution >= 0.6 is 0 Å². The molecule has 4 rings (SSSR count). The van der Waals surface area contributed by atoms with Gasteiger partial charge < -0.3 is 15.5 Å². The van der Waals surface area contributed by atoms with Crippen molar-refractivity contribution >= 4 is 28.3 Å². The summed E-state index contributed by atoms with van der Waals surface area (Å²) >= 11 is 0. The number of amides is 1. The lowest BCUT2D eigenvalue weighted by Gasteiger charge is -2.20. The van der Waals surface area contributed by atoms with Crippen molar-refractivity contribution in [2.75, 3.05) is 6.54 Å². The minimum Gasteiger partial charge on any atom is -0.505 e. The number of carboxylic acid groups (broad SMARTS) is 1. The summed E-state index contributed by atoms with van der Waals surface area (Å²) in [6.07, 6.45) is -1.85. The van der Waals surface area contributed by atoms with E-state index in [-0.39, 0.29) is 17.1 Å². The number of nitrogens with one attached hydrogen (secondary N) is 1. The second-order valence-corrected chi connectivity index (χ2v) is 7.50. The van der Waals surface area contributed by atoms with Crippen LogP contribution in [0.5, 0.6) is 5.75 Å². The molecule has 0 radical (unpaired) electrons. The molecule has 0 spiro atoms. The van der Waals surface area contributed by atoms with E-state index < -0.39 is 47.0 Å². The first-order chi connectivity index (χ1) is 14.6. The molecule has 0 unspecified atom stereocenters. The number of aromatic hydroxyl groups is 1. The molecule has 1 amide bonds. The number of aromatic nitrogens is 2. The van der Waals surface area contributed by atoms with Crippen LogP contribution < -0.4 is 10.9 Å². The number of alkyl halides is 3. The third-order valence-electron chi connectivity index (χ3n) is 5.52. The zero-order valence-electron chi connectivity index (χ0n) is 16.1. The molecule has 0 atom stereocenters. The van der Waals surface area contributed by atoms with Crippen molar-refractivity contribution in [3.63, 3.8) is 0 Å². The van der Waals surface area contributed by atoms with Gasteiger partial charge in [0.1, 0.15) is 17.6 Å². The van der Waals surface area contributed by atoms with Crippen LogP contribution in [0.1, 0.15) is 47.6 Å². The van der Waals surface area contributed by atoms with Gasteiger partial charge in [-0.05, 0) is 31.0 Å². The number of fused-ring (bicyclic) bond motifs is 3. The summed E-state index contributed by atoms with van der Waals surface area (Å²) < 4.78 is 42.3. The highest BCUT2D eigenvalue weighted by Gasteiger charge is 2.32. The van der Waals surface area contributed by atoms with Crippen LogP contribution in [0, 0.1) is 0 Å². The Morgan fingerprint density at radius 3 is 2.42 bits per heavy atom. The van der Waals surface area contributed by atoms with E-state index in [2.05, 4.69) is 5.32 Å². The lowest BCUT2D eigenvalue weighted by atomic mass is 10.1. The van der Waals surface area contributed by atoms with Gasteiger partial charge in [0, 0.05) is 5.39 Å². The summed E-state index contributed by atoms with van der Waals surface area (Å²) in [7, 11) is 0. The summed E-state index contributed by atoms with van der Waals surface area (Å²) in [4.78, 5) is 36.5. The van der Waals surface area contributed by atoms with Gasteiger partial charge in [-0.15, -0.1) is 0 Å². The van der Waals surface area contributed by atoms with E-state index in [1.165, 1.54) is 21.3 Å². The first kappa shape index (κ1) is 20.8. The lowest BCUT2D eigenvalue weighted by molar-refractivity contribution is -0.137. The van der Waals surface area contributed by atoms with Crippen molar-refractivity contribution in [1.29, 1.82) is 0 Å². The maximum Gasteiger partial charge on any atom is 0.416 e. The summed E-state index contributed by atoms with van der Waals surface area (Å²) in [5, 5.41) is 21.9. The third-order valence-corrected chi connectivity index (χ3v) is 5.52. The van der Waals surface area contributed by atoms with E-state index in [0.717, 1.165) is 25.0 Å². The molecule has 1 aliphatic carbocycles. The largest absolute Gasteiger partial charge is 0.505 e. The molecule has 1 aliphatic rings. The van der Waals surface area contributed by atoms with Gasteiger partial charge in [0.25, 0.3) is 11.5 Å². The van der Waals surface area contributed by atoms with E-state index in [4.69, 9.17) is 5.11 Å². The third kappa shape index (κ3) is 3.49. The summed E-state index contributed by atoms with van der Waals surface area (Å²) in [6, 6.07) is 4.04.